The van der Waals surface area contributed by atoms with Crippen LogP contribution in [0.4, 0.5) is 5.82 Å². The lowest BCUT2D eigenvalue weighted by Crippen LogP contribution is -2.20. The van der Waals surface area contributed by atoms with E-state index in [9.17, 15) is 4.79 Å². The minimum absolute atomic E-state index is 0.318. The molecular formula is C19H23N3O2. The fourth-order valence-corrected chi connectivity index (χ4v) is 3.05. The minimum Gasteiger partial charge on any atom is -0.478 e. The van der Waals surface area contributed by atoms with Crippen LogP contribution in [0.15, 0.2) is 36.4 Å². The van der Waals surface area contributed by atoms with Crippen molar-refractivity contribution in [2.45, 2.75) is 32.9 Å². The number of carboxylic acid groups (broad SMARTS) is 1. The SMILES string of the molecule is Cc1cc(CNCc2ccc(C(=O)O)cc2)cc(N2CCCC2)n1. The number of aromatic nitrogens is 1. The molecule has 0 amide bonds. The summed E-state index contributed by atoms with van der Waals surface area (Å²) in [5.41, 5.74) is 3.66. The summed E-state index contributed by atoms with van der Waals surface area (Å²) in [6.07, 6.45) is 2.49. The third-order valence-electron chi connectivity index (χ3n) is 4.29. The van der Waals surface area contributed by atoms with Crippen molar-refractivity contribution in [3.05, 3.63) is 58.8 Å². The molecule has 5 heteroatoms. The molecule has 0 saturated carbocycles. The molecule has 3 rings (SSSR count). The highest BCUT2D eigenvalue weighted by molar-refractivity contribution is 5.87. The predicted molar refractivity (Wildman–Crippen MR) is 94.4 cm³/mol. The third kappa shape index (κ3) is 4.11. The van der Waals surface area contributed by atoms with E-state index in [0.717, 1.165) is 36.7 Å². The Morgan fingerprint density at radius 1 is 1.12 bits per heavy atom. The van der Waals surface area contributed by atoms with E-state index in [1.807, 2.05) is 19.1 Å². The fraction of sp³-hybridized carbons (Fsp3) is 0.368. The quantitative estimate of drug-likeness (QED) is 0.855. The molecule has 0 aliphatic carbocycles. The Hall–Kier alpha value is -2.40. The molecule has 0 bridgehead atoms. The molecule has 1 aromatic carbocycles. The molecule has 1 aromatic heterocycles. The fourth-order valence-electron chi connectivity index (χ4n) is 3.05. The summed E-state index contributed by atoms with van der Waals surface area (Å²) < 4.78 is 0. The molecule has 126 valence electrons. The predicted octanol–water partition coefficient (Wildman–Crippen LogP) is 2.98. The molecule has 0 atom stereocenters. The number of hydrogen-bond donors (Lipinski definition) is 2. The number of aromatic carboxylic acids is 1. The van der Waals surface area contributed by atoms with E-state index in [1.54, 1.807) is 12.1 Å². The average molecular weight is 325 g/mol. The van der Waals surface area contributed by atoms with Crippen molar-refractivity contribution >= 4 is 11.8 Å². The van der Waals surface area contributed by atoms with Gasteiger partial charge in [0, 0.05) is 31.9 Å². The van der Waals surface area contributed by atoms with Gasteiger partial charge in [-0.05, 0) is 55.2 Å². The highest BCUT2D eigenvalue weighted by Crippen LogP contribution is 2.20. The Balaban J connectivity index is 1.59. The lowest BCUT2D eigenvalue weighted by molar-refractivity contribution is 0.0697. The topological polar surface area (TPSA) is 65.5 Å². The number of anilines is 1. The standard InChI is InChI=1S/C19H23N3O2/c1-14-10-16(11-18(21-14)22-8-2-3-9-22)13-20-12-15-4-6-17(7-5-15)19(23)24/h4-7,10-11,20H,2-3,8-9,12-13H2,1H3,(H,23,24). The first-order valence-corrected chi connectivity index (χ1v) is 8.37. The van der Waals surface area contributed by atoms with Crippen molar-refractivity contribution in [2.24, 2.45) is 0 Å². The molecule has 24 heavy (non-hydrogen) atoms. The Morgan fingerprint density at radius 2 is 1.79 bits per heavy atom. The Morgan fingerprint density at radius 3 is 2.46 bits per heavy atom. The van der Waals surface area contributed by atoms with E-state index in [2.05, 4.69) is 27.3 Å². The van der Waals surface area contributed by atoms with Crippen LogP contribution in [-0.2, 0) is 13.1 Å². The largest absolute Gasteiger partial charge is 0.478 e. The lowest BCUT2D eigenvalue weighted by Gasteiger charge is -2.18. The number of hydrogen-bond acceptors (Lipinski definition) is 4. The number of benzene rings is 1. The lowest BCUT2D eigenvalue weighted by atomic mass is 10.1. The molecular weight excluding hydrogens is 302 g/mol. The van der Waals surface area contributed by atoms with Crippen LogP contribution in [0.5, 0.6) is 0 Å². The van der Waals surface area contributed by atoms with Crippen LogP contribution in [-0.4, -0.2) is 29.1 Å². The summed E-state index contributed by atoms with van der Waals surface area (Å²) >= 11 is 0. The van der Waals surface area contributed by atoms with Crippen molar-refractivity contribution in [2.75, 3.05) is 18.0 Å². The van der Waals surface area contributed by atoms with Gasteiger partial charge in [0.25, 0.3) is 0 Å². The van der Waals surface area contributed by atoms with Gasteiger partial charge in [0.05, 0.1) is 5.56 Å². The van der Waals surface area contributed by atoms with Gasteiger partial charge in [0.1, 0.15) is 5.82 Å². The number of nitrogens with one attached hydrogen (secondary N) is 1. The number of carboxylic acids is 1. The normalized spacial score (nSPS) is 14.1. The van der Waals surface area contributed by atoms with Gasteiger partial charge in [-0.15, -0.1) is 0 Å². The third-order valence-corrected chi connectivity index (χ3v) is 4.29. The van der Waals surface area contributed by atoms with Crippen molar-refractivity contribution in [3.8, 4) is 0 Å². The van der Waals surface area contributed by atoms with Gasteiger partial charge in [-0.2, -0.15) is 0 Å². The molecule has 1 fully saturated rings. The molecule has 0 unspecified atom stereocenters. The van der Waals surface area contributed by atoms with E-state index in [1.165, 1.54) is 18.4 Å². The van der Waals surface area contributed by atoms with Crippen molar-refractivity contribution in [3.63, 3.8) is 0 Å². The van der Waals surface area contributed by atoms with E-state index >= 15 is 0 Å². The van der Waals surface area contributed by atoms with Gasteiger partial charge in [0.2, 0.25) is 0 Å². The zero-order valence-corrected chi connectivity index (χ0v) is 14.0. The summed E-state index contributed by atoms with van der Waals surface area (Å²) in [6.45, 7) is 5.71. The van der Waals surface area contributed by atoms with Crippen LogP contribution in [0.1, 0.15) is 40.0 Å². The number of aryl methyl sites for hydroxylation is 1. The number of rotatable bonds is 6. The van der Waals surface area contributed by atoms with Crippen LogP contribution in [0.25, 0.3) is 0 Å². The van der Waals surface area contributed by atoms with Gasteiger partial charge in [-0.25, -0.2) is 9.78 Å². The van der Waals surface area contributed by atoms with Crippen LogP contribution in [0, 0.1) is 6.92 Å². The van der Waals surface area contributed by atoms with Crippen LogP contribution < -0.4 is 10.2 Å². The monoisotopic (exact) mass is 325 g/mol. The first-order valence-electron chi connectivity index (χ1n) is 8.37. The van der Waals surface area contributed by atoms with Gasteiger partial charge < -0.3 is 15.3 Å². The second-order valence-corrected chi connectivity index (χ2v) is 6.27. The van der Waals surface area contributed by atoms with Crippen molar-refractivity contribution in [1.29, 1.82) is 0 Å². The molecule has 2 aromatic rings. The van der Waals surface area contributed by atoms with Gasteiger partial charge >= 0.3 is 5.97 Å². The molecule has 5 nitrogen and oxygen atoms in total. The maximum atomic E-state index is 10.9. The first kappa shape index (κ1) is 16.5. The molecule has 0 radical (unpaired) electrons. The highest BCUT2D eigenvalue weighted by atomic mass is 16.4. The maximum Gasteiger partial charge on any atom is 0.335 e. The van der Waals surface area contributed by atoms with E-state index in [0.29, 0.717) is 12.1 Å². The van der Waals surface area contributed by atoms with Gasteiger partial charge in [-0.3, -0.25) is 0 Å². The second-order valence-electron chi connectivity index (χ2n) is 6.27. The Bertz CT molecular complexity index is 707. The number of nitrogens with zero attached hydrogens (tertiary/aromatic N) is 2. The number of carbonyl (C=O) groups is 1. The zero-order valence-electron chi connectivity index (χ0n) is 14.0. The summed E-state index contributed by atoms with van der Waals surface area (Å²) in [4.78, 5) is 17.9. The van der Waals surface area contributed by atoms with E-state index in [-0.39, 0.29) is 0 Å². The van der Waals surface area contributed by atoms with E-state index < -0.39 is 5.97 Å². The smallest absolute Gasteiger partial charge is 0.335 e. The average Bonchev–Trinajstić information content (AvgIpc) is 3.09. The molecule has 1 saturated heterocycles. The summed E-state index contributed by atoms with van der Waals surface area (Å²) in [6, 6.07) is 11.3. The molecule has 2 N–H and O–H groups in total. The molecule has 2 heterocycles. The summed E-state index contributed by atoms with van der Waals surface area (Å²) in [7, 11) is 0. The van der Waals surface area contributed by atoms with Crippen LogP contribution >= 0.6 is 0 Å². The van der Waals surface area contributed by atoms with Gasteiger partial charge in [0.15, 0.2) is 0 Å². The van der Waals surface area contributed by atoms with Crippen LogP contribution in [0.3, 0.4) is 0 Å². The molecule has 1 aliphatic heterocycles. The summed E-state index contributed by atoms with van der Waals surface area (Å²) in [5, 5.41) is 12.3. The van der Waals surface area contributed by atoms with Gasteiger partial charge in [-0.1, -0.05) is 12.1 Å². The molecule has 1 aliphatic rings. The first-order chi connectivity index (χ1) is 11.6. The van der Waals surface area contributed by atoms with Crippen LogP contribution in [0.2, 0.25) is 0 Å². The number of pyridine rings is 1. The van der Waals surface area contributed by atoms with E-state index in [4.69, 9.17) is 5.11 Å². The zero-order chi connectivity index (χ0) is 16.9. The molecule has 0 spiro atoms. The minimum atomic E-state index is -0.892. The Labute approximate surface area is 142 Å². The van der Waals surface area contributed by atoms with Crippen molar-refractivity contribution < 1.29 is 9.90 Å². The second kappa shape index (κ2) is 7.45. The highest BCUT2D eigenvalue weighted by Gasteiger charge is 2.14. The maximum absolute atomic E-state index is 10.9. The van der Waals surface area contributed by atoms with Crippen molar-refractivity contribution in [1.82, 2.24) is 10.3 Å². The summed E-state index contributed by atoms with van der Waals surface area (Å²) in [5.74, 6) is 0.186. The Kier molecular flexibility index (Phi) is 5.11.